The van der Waals surface area contributed by atoms with Crippen LogP contribution in [0.3, 0.4) is 0 Å². The molecule has 0 saturated carbocycles. The number of carbonyl (C=O) groups excluding carboxylic acids is 2. The van der Waals surface area contributed by atoms with Crippen molar-refractivity contribution >= 4 is 34.6 Å². The lowest BCUT2D eigenvalue weighted by atomic mass is 10.2. The van der Waals surface area contributed by atoms with Crippen molar-refractivity contribution in [1.82, 2.24) is 24.6 Å². The highest BCUT2D eigenvalue weighted by molar-refractivity contribution is 6.04. The summed E-state index contributed by atoms with van der Waals surface area (Å²) in [6, 6.07) is 19.5. The number of aromatic nitrogens is 4. The largest absolute Gasteiger partial charge is 0.497 e. The van der Waals surface area contributed by atoms with E-state index in [2.05, 4.69) is 20.6 Å². The summed E-state index contributed by atoms with van der Waals surface area (Å²) in [5.74, 6) is 0.0181. The molecule has 1 amide bonds. The number of nitrogens with one attached hydrogen (secondary N) is 2. The van der Waals surface area contributed by atoms with Crippen molar-refractivity contribution in [1.29, 1.82) is 0 Å². The Bertz CT molecular complexity index is 2040. The van der Waals surface area contributed by atoms with E-state index in [1.807, 2.05) is 24.3 Å². The zero-order valence-corrected chi connectivity index (χ0v) is 28.2. The van der Waals surface area contributed by atoms with Crippen LogP contribution in [0, 0.1) is 6.92 Å². The van der Waals surface area contributed by atoms with Gasteiger partial charge in [0.05, 0.1) is 43.3 Å². The number of fused-ring (bicyclic) bond motifs is 1. The molecular formula is C36H38N6O8. The van der Waals surface area contributed by atoms with E-state index in [4.69, 9.17) is 19.3 Å². The molecule has 50 heavy (non-hydrogen) atoms. The first-order chi connectivity index (χ1) is 24.1. The van der Waals surface area contributed by atoms with Crippen molar-refractivity contribution in [3.63, 3.8) is 0 Å². The molecule has 14 nitrogen and oxygen atoms in total. The van der Waals surface area contributed by atoms with Crippen LogP contribution in [-0.4, -0.2) is 69.1 Å². The number of amides is 1. The van der Waals surface area contributed by atoms with Crippen LogP contribution in [0.15, 0.2) is 96.1 Å². The lowest BCUT2D eigenvalue weighted by molar-refractivity contribution is -0.147. The number of methoxy groups -OCH3 is 1. The summed E-state index contributed by atoms with van der Waals surface area (Å²) in [7, 11) is 3.24. The number of pyridine rings is 2. The summed E-state index contributed by atoms with van der Waals surface area (Å²) < 4.78 is 19.8. The molecular weight excluding hydrogens is 644 g/mol. The van der Waals surface area contributed by atoms with Crippen LogP contribution >= 0.6 is 0 Å². The van der Waals surface area contributed by atoms with Gasteiger partial charge in [0, 0.05) is 23.7 Å². The average Bonchev–Trinajstić information content (AvgIpc) is 3.34. The monoisotopic (exact) mass is 682 g/mol. The fraction of sp³-hybridized carbons (Fsp3) is 0.222. The third-order valence-electron chi connectivity index (χ3n) is 7.13. The second-order valence-corrected chi connectivity index (χ2v) is 10.8. The zero-order chi connectivity index (χ0) is 36.2. The fourth-order valence-corrected chi connectivity index (χ4v) is 4.93. The first-order valence-corrected chi connectivity index (χ1v) is 15.5. The maximum atomic E-state index is 13.7. The van der Waals surface area contributed by atoms with Gasteiger partial charge in [-0.15, -0.1) is 0 Å². The summed E-state index contributed by atoms with van der Waals surface area (Å²) in [6.45, 7) is 5.27. The van der Waals surface area contributed by atoms with Crippen LogP contribution in [-0.2, 0) is 20.9 Å². The van der Waals surface area contributed by atoms with Gasteiger partial charge in [0.2, 0.25) is 0 Å². The molecule has 5 aromatic rings. The molecule has 5 rings (SSSR count). The molecule has 1 atom stereocenters. The number of carbonyl (C=O) groups is 3. The molecule has 0 aliphatic rings. The average molecular weight is 683 g/mol. The van der Waals surface area contributed by atoms with Gasteiger partial charge >= 0.3 is 11.9 Å². The Labute approximate surface area is 287 Å². The van der Waals surface area contributed by atoms with Crippen molar-refractivity contribution in [3.8, 4) is 22.9 Å². The number of carboxylic acids is 1. The third-order valence-corrected chi connectivity index (χ3v) is 7.13. The second-order valence-electron chi connectivity index (χ2n) is 10.8. The molecule has 0 unspecified atom stereocenters. The van der Waals surface area contributed by atoms with Crippen molar-refractivity contribution < 1.29 is 33.7 Å². The number of ether oxygens (including phenoxy) is 3. The van der Waals surface area contributed by atoms with Gasteiger partial charge in [-0.1, -0.05) is 24.3 Å². The predicted molar refractivity (Wildman–Crippen MR) is 187 cm³/mol. The molecule has 260 valence electrons. The highest BCUT2D eigenvalue weighted by Crippen LogP contribution is 2.30. The smallest absolute Gasteiger partial charge is 0.327 e. The molecule has 3 aromatic heterocycles. The highest BCUT2D eigenvalue weighted by atomic mass is 16.5. The maximum Gasteiger partial charge on any atom is 0.327 e. The number of hydrogen-bond donors (Lipinski definition) is 3. The van der Waals surface area contributed by atoms with Gasteiger partial charge in [-0.25, -0.2) is 14.5 Å². The molecule has 0 radical (unpaired) electrons. The normalized spacial score (nSPS) is 11.4. The van der Waals surface area contributed by atoms with E-state index >= 15 is 0 Å². The lowest BCUT2D eigenvalue weighted by Crippen LogP contribution is -2.30. The van der Waals surface area contributed by atoms with Crippen LogP contribution in [0.5, 0.6) is 17.2 Å². The minimum Gasteiger partial charge on any atom is -0.497 e. The minimum absolute atomic E-state index is 0.0524. The quantitative estimate of drug-likeness (QED) is 0.122. The van der Waals surface area contributed by atoms with Crippen molar-refractivity contribution in [2.24, 2.45) is 0 Å². The Kier molecular flexibility index (Phi) is 12.6. The number of rotatable bonds is 12. The number of carboxylic acid groups (broad SMARTS) is 1. The van der Waals surface area contributed by atoms with Gasteiger partial charge in [0.15, 0.2) is 0 Å². The summed E-state index contributed by atoms with van der Waals surface area (Å²) in [5, 5.41) is 14.1. The zero-order valence-electron chi connectivity index (χ0n) is 28.2. The molecule has 14 heteroatoms. The lowest BCUT2D eigenvalue weighted by Gasteiger charge is -2.18. The van der Waals surface area contributed by atoms with Crippen LogP contribution in [0.2, 0.25) is 0 Å². The van der Waals surface area contributed by atoms with E-state index in [-0.39, 0.29) is 24.5 Å². The van der Waals surface area contributed by atoms with Crippen molar-refractivity contribution in [3.05, 3.63) is 113 Å². The number of anilines is 1. The van der Waals surface area contributed by atoms with Gasteiger partial charge in [-0.3, -0.25) is 24.0 Å². The molecule has 0 bridgehead atoms. The van der Waals surface area contributed by atoms with Crippen LogP contribution in [0.1, 0.15) is 29.9 Å². The molecule has 2 aromatic carbocycles. The number of likely N-dealkylation sites (N-methyl/N-ethyl adjacent to an activating group) is 1. The summed E-state index contributed by atoms with van der Waals surface area (Å²) >= 11 is 0. The Hall–Kier alpha value is -6.28. The van der Waals surface area contributed by atoms with Gasteiger partial charge in [0.25, 0.3) is 11.5 Å². The minimum atomic E-state index is -0.891. The Morgan fingerprint density at radius 1 is 1.02 bits per heavy atom. The first-order valence-electron chi connectivity index (χ1n) is 15.5. The van der Waals surface area contributed by atoms with Crippen LogP contribution in [0.4, 0.5) is 5.82 Å². The van der Waals surface area contributed by atoms with Crippen molar-refractivity contribution in [2.45, 2.75) is 33.4 Å². The van der Waals surface area contributed by atoms with Gasteiger partial charge < -0.3 is 30.0 Å². The van der Waals surface area contributed by atoms with E-state index in [1.54, 1.807) is 88.3 Å². The van der Waals surface area contributed by atoms with Gasteiger partial charge in [-0.05, 0) is 70.3 Å². The Balaban J connectivity index is 0.000000860. The molecule has 0 aliphatic heterocycles. The van der Waals surface area contributed by atoms with E-state index < -0.39 is 29.5 Å². The number of allylic oxidation sites excluding steroid dienone is 1. The Morgan fingerprint density at radius 3 is 2.38 bits per heavy atom. The van der Waals surface area contributed by atoms with Crippen molar-refractivity contribution in [2.75, 3.05) is 26.0 Å². The van der Waals surface area contributed by atoms with E-state index in [1.165, 1.54) is 17.0 Å². The maximum absolute atomic E-state index is 13.7. The Morgan fingerprint density at radius 2 is 1.76 bits per heavy atom. The molecule has 0 aliphatic carbocycles. The third kappa shape index (κ3) is 9.20. The standard InChI is InChI=1S/C32H32N6O6.C4H6O2/c1-20(43-29(39)18-33-3)19-37-21(2)30(32(41)38(37)22-8-6-5-7-9-22)31(40)36-28-13-11-24(17-35-28)44-27-14-15-34-26-16-23(42-4)10-12-25(26)27;1-2-3-4(5)6/h5-17,20,33H,18-19H2,1-4H3,(H,35,36,40);2-3H,1H3,(H,5,6)/b;3-2-/t20-;/m1./s1. The first kappa shape index (κ1) is 36.6. The number of para-hydroxylation sites is 1. The second kappa shape index (κ2) is 17.2. The molecule has 0 fully saturated rings. The summed E-state index contributed by atoms with van der Waals surface area (Å²) in [5.41, 5.74) is 1.13. The molecule has 3 N–H and O–H groups in total. The predicted octanol–water partition coefficient (Wildman–Crippen LogP) is 4.74. The summed E-state index contributed by atoms with van der Waals surface area (Å²) in [6.07, 6.45) is 5.11. The van der Waals surface area contributed by atoms with Crippen LogP contribution in [0.25, 0.3) is 16.6 Å². The fourth-order valence-electron chi connectivity index (χ4n) is 4.93. The van der Waals surface area contributed by atoms with Crippen LogP contribution < -0.4 is 25.7 Å². The number of nitrogens with zero attached hydrogens (tertiary/aromatic N) is 4. The highest BCUT2D eigenvalue weighted by Gasteiger charge is 2.25. The number of aliphatic carboxylic acids is 1. The number of esters is 1. The topological polar surface area (TPSA) is 176 Å². The molecule has 0 spiro atoms. The SMILES string of the molecule is C/C=C\C(=O)O.CNCC(=O)O[C@H](C)Cn1c(C)c(C(=O)Nc2ccc(Oc3ccnc4cc(OC)ccc34)cn2)c(=O)n1-c1ccccc1. The number of benzene rings is 2. The molecule has 0 saturated heterocycles. The molecule has 3 heterocycles. The van der Waals surface area contributed by atoms with E-state index in [0.717, 1.165) is 11.5 Å². The number of hydrogen-bond acceptors (Lipinski definition) is 10. The van der Waals surface area contributed by atoms with Gasteiger partial charge in [0.1, 0.15) is 34.7 Å². The summed E-state index contributed by atoms with van der Waals surface area (Å²) in [4.78, 5) is 57.3. The van der Waals surface area contributed by atoms with Gasteiger partial charge in [-0.2, -0.15) is 0 Å². The van der Waals surface area contributed by atoms with E-state index in [9.17, 15) is 19.2 Å². The van der Waals surface area contributed by atoms with E-state index in [0.29, 0.717) is 34.1 Å².